The number of Topliss-reactive ketones (excluding diaryl/α,β-unsaturated/α-hetero) is 1. The zero-order valence-corrected chi connectivity index (χ0v) is 15.1. The number of aromatic carboxylic acids is 1. The van der Waals surface area contributed by atoms with Crippen LogP contribution in [0.1, 0.15) is 29.3 Å². The number of carbonyl (C=O) groups is 4. The molecule has 0 bridgehead atoms. The molecule has 0 heterocycles. The number of carboxylic acid groups (broad SMARTS) is 2. The van der Waals surface area contributed by atoms with Crippen LogP contribution in [0.3, 0.4) is 0 Å². The van der Waals surface area contributed by atoms with Crippen molar-refractivity contribution in [3.63, 3.8) is 0 Å². The first kappa shape index (κ1) is 21.7. The van der Waals surface area contributed by atoms with Crippen LogP contribution < -0.4 is 11.1 Å². The van der Waals surface area contributed by atoms with E-state index in [1.807, 2.05) is 0 Å². The molecule has 26 heavy (non-hydrogen) atoms. The number of carbonyl (C=O) groups excluding carboxylic acids is 2. The Bertz CT molecular complexity index is 694. The zero-order valence-electron chi connectivity index (χ0n) is 14.2. The van der Waals surface area contributed by atoms with Gasteiger partial charge >= 0.3 is 11.9 Å². The topological polar surface area (TPSA) is 147 Å². The van der Waals surface area contributed by atoms with E-state index in [9.17, 15) is 19.2 Å². The van der Waals surface area contributed by atoms with Crippen molar-refractivity contribution < 1.29 is 29.4 Å². The summed E-state index contributed by atoms with van der Waals surface area (Å²) in [5, 5.41) is 20.4. The maximum absolute atomic E-state index is 12.3. The molecule has 0 fully saturated rings. The normalized spacial score (nSPS) is 14.1. The van der Waals surface area contributed by atoms with Crippen LogP contribution in [-0.4, -0.2) is 51.7 Å². The average Bonchev–Trinajstić information content (AvgIpc) is 2.58. The van der Waals surface area contributed by atoms with Gasteiger partial charge in [0.05, 0.1) is 18.0 Å². The molecule has 142 valence electrons. The molecule has 1 amide bonds. The fourth-order valence-electron chi connectivity index (χ4n) is 2.30. The molecule has 8 nitrogen and oxygen atoms in total. The molecule has 0 aliphatic carbocycles. The number of carboxylic acids is 2. The molecule has 2 unspecified atom stereocenters. The summed E-state index contributed by atoms with van der Waals surface area (Å²) < 4.78 is 0. The number of hydrogen-bond acceptors (Lipinski definition) is 6. The highest BCUT2D eigenvalue weighted by Crippen LogP contribution is 2.11. The second-order valence-corrected chi connectivity index (χ2v) is 6.36. The lowest BCUT2D eigenvalue weighted by molar-refractivity contribution is -0.140. The van der Waals surface area contributed by atoms with Crippen LogP contribution in [0.25, 0.3) is 0 Å². The Kier molecular flexibility index (Phi) is 8.27. The smallest absolute Gasteiger partial charge is 0.335 e. The number of benzene rings is 1. The first-order valence-corrected chi connectivity index (χ1v) is 8.52. The molecule has 0 aliphatic rings. The molecule has 1 aromatic rings. The number of hydrogen-bond donors (Lipinski definition) is 5. The van der Waals surface area contributed by atoms with E-state index in [1.54, 1.807) is 13.0 Å². The van der Waals surface area contributed by atoms with Gasteiger partial charge in [-0.3, -0.25) is 14.4 Å². The van der Waals surface area contributed by atoms with E-state index in [4.69, 9.17) is 15.9 Å². The lowest BCUT2D eigenvalue weighted by atomic mass is 9.94. The molecule has 0 saturated heterocycles. The van der Waals surface area contributed by atoms with Gasteiger partial charge in [-0.25, -0.2) is 4.79 Å². The predicted molar refractivity (Wildman–Crippen MR) is 97.3 cm³/mol. The number of nitrogens with one attached hydrogen (secondary N) is 1. The number of rotatable bonds is 10. The van der Waals surface area contributed by atoms with Crippen LogP contribution in [0.4, 0.5) is 0 Å². The van der Waals surface area contributed by atoms with Gasteiger partial charge in [-0.1, -0.05) is 19.1 Å². The predicted octanol–water partition coefficient (Wildman–Crippen LogP) is 0.349. The highest BCUT2D eigenvalue weighted by Gasteiger charge is 2.26. The van der Waals surface area contributed by atoms with Gasteiger partial charge in [-0.05, 0) is 23.6 Å². The number of ketones is 1. The molecule has 0 aliphatic heterocycles. The maximum Gasteiger partial charge on any atom is 0.335 e. The van der Waals surface area contributed by atoms with Gasteiger partial charge < -0.3 is 21.3 Å². The van der Waals surface area contributed by atoms with Crippen LogP contribution in [-0.2, 0) is 20.8 Å². The highest BCUT2D eigenvalue weighted by atomic mass is 32.1. The molecule has 1 aromatic carbocycles. The Morgan fingerprint density at radius 3 is 2.42 bits per heavy atom. The maximum atomic E-state index is 12.3. The van der Waals surface area contributed by atoms with Crippen LogP contribution in [0.15, 0.2) is 24.3 Å². The van der Waals surface area contributed by atoms with Crippen molar-refractivity contribution in [2.45, 2.75) is 31.8 Å². The zero-order chi connectivity index (χ0) is 19.9. The van der Waals surface area contributed by atoms with Crippen LogP contribution in [0.2, 0.25) is 0 Å². The van der Waals surface area contributed by atoms with Crippen LogP contribution >= 0.6 is 12.6 Å². The molecule has 0 spiro atoms. The summed E-state index contributed by atoms with van der Waals surface area (Å²) >= 11 is 4.05. The Balaban J connectivity index is 2.67. The van der Waals surface area contributed by atoms with E-state index in [1.165, 1.54) is 18.2 Å². The van der Waals surface area contributed by atoms with Crippen molar-refractivity contribution in [1.82, 2.24) is 5.32 Å². The van der Waals surface area contributed by atoms with Crippen molar-refractivity contribution in [1.29, 1.82) is 0 Å². The quantitative estimate of drug-likeness (QED) is 0.367. The fourth-order valence-corrected chi connectivity index (χ4v) is 2.60. The minimum Gasteiger partial charge on any atom is -0.480 e. The van der Waals surface area contributed by atoms with Gasteiger partial charge in [-0.2, -0.15) is 12.6 Å². The third-order valence-electron chi connectivity index (χ3n) is 3.87. The Morgan fingerprint density at radius 2 is 1.88 bits per heavy atom. The number of aliphatic carboxylic acids is 1. The van der Waals surface area contributed by atoms with Crippen molar-refractivity contribution in [2.75, 3.05) is 5.75 Å². The number of thiol groups is 1. The first-order chi connectivity index (χ1) is 12.1. The summed E-state index contributed by atoms with van der Waals surface area (Å²) in [6.45, 7) is 1.55. The van der Waals surface area contributed by atoms with Gasteiger partial charge in [0.15, 0.2) is 5.78 Å². The Morgan fingerprint density at radius 1 is 1.23 bits per heavy atom. The fraction of sp³-hybridized carbons (Fsp3) is 0.412. The van der Waals surface area contributed by atoms with Crippen molar-refractivity contribution in [3.8, 4) is 0 Å². The van der Waals surface area contributed by atoms with Crippen molar-refractivity contribution >= 4 is 36.3 Å². The lowest BCUT2D eigenvalue weighted by Crippen LogP contribution is -2.45. The lowest BCUT2D eigenvalue weighted by Gasteiger charge is -2.20. The molecule has 0 aromatic heterocycles. The van der Waals surface area contributed by atoms with Crippen molar-refractivity contribution in [2.24, 2.45) is 11.7 Å². The van der Waals surface area contributed by atoms with E-state index in [2.05, 4.69) is 17.9 Å². The minimum atomic E-state index is -1.20. The van der Waals surface area contributed by atoms with E-state index in [0.29, 0.717) is 5.56 Å². The summed E-state index contributed by atoms with van der Waals surface area (Å²) in [4.78, 5) is 46.2. The molecular formula is C17H22N2O6S. The van der Waals surface area contributed by atoms with Crippen molar-refractivity contribution in [3.05, 3.63) is 35.4 Å². The second kappa shape index (κ2) is 9.93. The van der Waals surface area contributed by atoms with Gasteiger partial charge in [0.2, 0.25) is 5.91 Å². The van der Waals surface area contributed by atoms with Gasteiger partial charge in [0.25, 0.3) is 0 Å². The van der Waals surface area contributed by atoms with Gasteiger partial charge in [0.1, 0.15) is 6.04 Å². The van der Waals surface area contributed by atoms with E-state index < -0.39 is 35.8 Å². The summed E-state index contributed by atoms with van der Waals surface area (Å²) in [7, 11) is 0. The molecule has 9 heteroatoms. The molecule has 0 radical (unpaired) electrons. The summed E-state index contributed by atoms with van der Waals surface area (Å²) in [6.07, 6.45) is -0.198. The number of amides is 1. The van der Waals surface area contributed by atoms with E-state index in [-0.39, 0.29) is 29.9 Å². The van der Waals surface area contributed by atoms with Crippen LogP contribution in [0, 0.1) is 5.92 Å². The molecular weight excluding hydrogens is 360 g/mol. The average molecular weight is 382 g/mol. The largest absolute Gasteiger partial charge is 0.480 e. The number of nitrogens with two attached hydrogens (primary N) is 1. The molecule has 3 atom stereocenters. The van der Waals surface area contributed by atoms with Gasteiger partial charge in [0, 0.05) is 12.2 Å². The summed E-state index contributed by atoms with van der Waals surface area (Å²) in [5.74, 6) is -3.66. The third-order valence-corrected chi connectivity index (χ3v) is 4.23. The van der Waals surface area contributed by atoms with E-state index in [0.717, 1.165) is 0 Å². The summed E-state index contributed by atoms with van der Waals surface area (Å²) in [5.41, 5.74) is 6.04. The third kappa shape index (κ3) is 6.49. The highest BCUT2D eigenvalue weighted by molar-refractivity contribution is 7.80. The molecule has 5 N–H and O–H groups in total. The Labute approximate surface area is 156 Å². The van der Waals surface area contributed by atoms with E-state index >= 15 is 0 Å². The van der Waals surface area contributed by atoms with Crippen LogP contribution in [0.5, 0.6) is 0 Å². The Hall–Kier alpha value is -2.39. The second-order valence-electron chi connectivity index (χ2n) is 6.00. The summed E-state index contributed by atoms with van der Waals surface area (Å²) in [6, 6.07) is 3.88. The first-order valence-electron chi connectivity index (χ1n) is 7.89. The monoisotopic (exact) mass is 382 g/mol. The molecule has 1 rings (SSSR count). The van der Waals surface area contributed by atoms with Gasteiger partial charge in [-0.15, -0.1) is 0 Å². The minimum absolute atomic E-state index is 0.0504. The standard InChI is InChI=1S/C17H22N2O6S/c1-9(15(18)17(24)25)5-13(20)12(8-26)19-14(21)7-10-3-2-4-11(6-10)16(22)23/h2-4,6,9,12,15,26H,5,7-8,18H2,1H3,(H,19,21)(H,22,23)(H,24,25)/t9?,12?,15-/m1/s1. The molecule has 0 saturated carbocycles. The SMILES string of the molecule is CC(CC(=O)C(CS)NC(=O)Cc1cccc(C(=O)O)c1)[C@@H](N)C(=O)O.